The topological polar surface area (TPSA) is 3.24 Å². The van der Waals surface area contributed by atoms with E-state index in [1.54, 1.807) is 0 Å². The summed E-state index contributed by atoms with van der Waals surface area (Å²) in [4.78, 5) is 2.55. The van der Waals surface area contributed by atoms with Gasteiger partial charge < -0.3 is 4.90 Å². The fourth-order valence-electron chi connectivity index (χ4n) is 11.5. The number of benzene rings is 9. The molecular formula is C63H53N. The Hall–Kier alpha value is -7.22. The van der Waals surface area contributed by atoms with E-state index in [9.17, 15) is 0 Å². The van der Waals surface area contributed by atoms with Gasteiger partial charge in [0.05, 0.1) is 11.4 Å². The van der Waals surface area contributed by atoms with E-state index in [0.29, 0.717) is 5.92 Å². The Balaban J connectivity index is 1.11. The molecule has 1 heteroatoms. The number of hydrogen-bond donors (Lipinski definition) is 0. The summed E-state index contributed by atoms with van der Waals surface area (Å²) in [6.07, 6.45) is 1.90. The molecule has 9 aromatic carbocycles. The van der Waals surface area contributed by atoms with Crippen molar-refractivity contribution in [2.45, 2.75) is 50.9 Å². The molecule has 0 radical (unpaired) electrons. The molecular weight excluding hydrogens is 771 g/mol. The summed E-state index contributed by atoms with van der Waals surface area (Å²) in [5.41, 5.74) is 20.4. The molecule has 0 spiro atoms. The van der Waals surface area contributed by atoms with Gasteiger partial charge in [-0.25, -0.2) is 0 Å². The molecule has 310 valence electrons. The van der Waals surface area contributed by atoms with Crippen LogP contribution in [0.4, 0.5) is 17.1 Å². The molecule has 2 aliphatic rings. The summed E-state index contributed by atoms with van der Waals surface area (Å²) in [6, 6.07) is 79.4. The van der Waals surface area contributed by atoms with Gasteiger partial charge in [-0.05, 0) is 123 Å². The fraction of sp³-hybridized carbons (Fsp3) is 0.143. The second-order valence-corrected chi connectivity index (χ2v) is 18.4. The van der Waals surface area contributed by atoms with Gasteiger partial charge >= 0.3 is 0 Å². The highest BCUT2D eigenvalue weighted by molar-refractivity contribution is 6.11. The van der Waals surface area contributed by atoms with Gasteiger partial charge in [-0.2, -0.15) is 0 Å². The van der Waals surface area contributed by atoms with Crippen LogP contribution in [0, 0.1) is 5.92 Å². The lowest BCUT2D eigenvalue weighted by molar-refractivity contribution is 0.509. The van der Waals surface area contributed by atoms with Crippen molar-refractivity contribution < 1.29 is 0 Å². The molecule has 0 N–H and O–H groups in total. The van der Waals surface area contributed by atoms with Crippen LogP contribution >= 0.6 is 0 Å². The van der Waals surface area contributed by atoms with E-state index in [0.717, 1.165) is 18.5 Å². The summed E-state index contributed by atoms with van der Waals surface area (Å²) < 4.78 is 0. The molecule has 0 saturated carbocycles. The SMILES string of the molecule is C=C(C)C1Cc2cccc(N(c3ccccc3)c3cc4c(c5ccccc35)-c3ccc(C[C@H](C)C(c5ccccc5)c5ccccc5)cc3C4(C)c3ccccc3)c2-c2ccccc21. The van der Waals surface area contributed by atoms with Crippen LogP contribution in [0.2, 0.25) is 0 Å². The van der Waals surface area contributed by atoms with Crippen molar-refractivity contribution in [1.82, 2.24) is 0 Å². The molecule has 2 unspecified atom stereocenters. The first-order chi connectivity index (χ1) is 31.4. The number of rotatable bonds is 10. The maximum atomic E-state index is 4.47. The monoisotopic (exact) mass is 823 g/mol. The number of anilines is 3. The third-order valence-electron chi connectivity index (χ3n) is 14.5. The van der Waals surface area contributed by atoms with Gasteiger partial charge in [0.15, 0.2) is 0 Å². The molecule has 9 aromatic rings. The number of para-hydroxylation sites is 1. The van der Waals surface area contributed by atoms with Gasteiger partial charge in [0.2, 0.25) is 0 Å². The van der Waals surface area contributed by atoms with E-state index in [4.69, 9.17) is 0 Å². The van der Waals surface area contributed by atoms with Gasteiger partial charge in [-0.1, -0.05) is 207 Å². The molecule has 0 amide bonds. The van der Waals surface area contributed by atoms with Gasteiger partial charge in [0, 0.05) is 33.9 Å². The average molecular weight is 824 g/mol. The second kappa shape index (κ2) is 16.2. The summed E-state index contributed by atoms with van der Waals surface area (Å²) in [7, 11) is 0. The molecule has 0 fully saturated rings. The number of hydrogen-bond acceptors (Lipinski definition) is 1. The van der Waals surface area contributed by atoms with Crippen LogP contribution in [-0.2, 0) is 18.3 Å². The van der Waals surface area contributed by atoms with Crippen LogP contribution in [0.15, 0.2) is 224 Å². The summed E-state index contributed by atoms with van der Waals surface area (Å²) in [5.74, 6) is 0.936. The van der Waals surface area contributed by atoms with E-state index < -0.39 is 5.41 Å². The van der Waals surface area contributed by atoms with Crippen LogP contribution < -0.4 is 4.90 Å². The lowest BCUT2D eigenvalue weighted by Crippen LogP contribution is -2.23. The van der Waals surface area contributed by atoms with Crippen molar-refractivity contribution in [2.24, 2.45) is 5.92 Å². The van der Waals surface area contributed by atoms with Crippen LogP contribution in [-0.4, -0.2) is 0 Å². The van der Waals surface area contributed by atoms with Crippen molar-refractivity contribution >= 4 is 27.8 Å². The van der Waals surface area contributed by atoms with Crippen LogP contribution in [0.5, 0.6) is 0 Å². The van der Waals surface area contributed by atoms with E-state index in [1.807, 2.05) is 0 Å². The Morgan fingerprint density at radius 1 is 0.578 bits per heavy atom. The Bertz CT molecular complexity index is 3130. The zero-order valence-corrected chi connectivity index (χ0v) is 37.0. The molecule has 0 saturated heterocycles. The van der Waals surface area contributed by atoms with Gasteiger partial charge in [0.25, 0.3) is 0 Å². The minimum absolute atomic E-state index is 0.283. The lowest BCUT2D eigenvalue weighted by atomic mass is 9.73. The molecule has 2 aliphatic carbocycles. The lowest BCUT2D eigenvalue weighted by Gasteiger charge is -2.35. The smallest absolute Gasteiger partial charge is 0.0543 e. The maximum Gasteiger partial charge on any atom is 0.0543 e. The van der Waals surface area contributed by atoms with Crippen molar-refractivity contribution in [1.29, 1.82) is 0 Å². The maximum absolute atomic E-state index is 4.47. The molecule has 1 nitrogen and oxygen atoms in total. The zero-order valence-electron chi connectivity index (χ0n) is 37.0. The molecule has 0 heterocycles. The Kier molecular flexibility index (Phi) is 10.0. The Labute approximate surface area is 379 Å². The minimum atomic E-state index is -0.415. The molecule has 64 heavy (non-hydrogen) atoms. The van der Waals surface area contributed by atoms with Crippen LogP contribution in [0.1, 0.15) is 77.1 Å². The van der Waals surface area contributed by atoms with E-state index in [-0.39, 0.29) is 11.8 Å². The average Bonchev–Trinajstić information content (AvgIpc) is 3.60. The van der Waals surface area contributed by atoms with Gasteiger partial charge in [-0.3, -0.25) is 0 Å². The first kappa shape index (κ1) is 39.6. The van der Waals surface area contributed by atoms with E-state index in [1.165, 1.54) is 94.5 Å². The largest absolute Gasteiger partial charge is 0.309 e. The predicted octanol–water partition coefficient (Wildman–Crippen LogP) is 16.5. The number of fused-ring (bicyclic) bond motifs is 8. The van der Waals surface area contributed by atoms with Crippen molar-refractivity contribution in [3.05, 3.63) is 269 Å². The first-order valence-electron chi connectivity index (χ1n) is 23.0. The van der Waals surface area contributed by atoms with E-state index in [2.05, 4.69) is 245 Å². The normalized spacial score (nSPS) is 16.4. The summed E-state index contributed by atoms with van der Waals surface area (Å²) in [6.45, 7) is 11.6. The van der Waals surface area contributed by atoms with E-state index >= 15 is 0 Å². The molecule has 0 aliphatic heterocycles. The van der Waals surface area contributed by atoms with Crippen LogP contribution in [0.3, 0.4) is 0 Å². The summed E-state index contributed by atoms with van der Waals surface area (Å²) in [5, 5.41) is 2.51. The third kappa shape index (κ3) is 6.53. The Morgan fingerprint density at radius 3 is 1.88 bits per heavy atom. The van der Waals surface area contributed by atoms with Gasteiger partial charge in [-0.15, -0.1) is 0 Å². The number of nitrogens with zero attached hydrogens (tertiary/aromatic N) is 1. The quantitative estimate of drug-likeness (QED) is 0.124. The highest BCUT2D eigenvalue weighted by atomic mass is 15.1. The zero-order chi connectivity index (χ0) is 43.4. The van der Waals surface area contributed by atoms with Gasteiger partial charge in [0.1, 0.15) is 0 Å². The first-order valence-corrected chi connectivity index (χ1v) is 23.0. The molecule has 3 atom stereocenters. The molecule has 11 rings (SSSR count). The molecule has 0 bridgehead atoms. The Morgan fingerprint density at radius 2 is 1.19 bits per heavy atom. The van der Waals surface area contributed by atoms with Crippen LogP contribution in [0.25, 0.3) is 33.0 Å². The fourth-order valence-corrected chi connectivity index (χ4v) is 11.5. The van der Waals surface area contributed by atoms with Crippen molar-refractivity contribution in [2.75, 3.05) is 4.90 Å². The highest BCUT2D eigenvalue weighted by Gasteiger charge is 2.43. The van der Waals surface area contributed by atoms with Crippen molar-refractivity contribution in [3.8, 4) is 22.3 Å². The predicted molar refractivity (Wildman–Crippen MR) is 270 cm³/mol. The summed E-state index contributed by atoms with van der Waals surface area (Å²) >= 11 is 0. The minimum Gasteiger partial charge on any atom is -0.309 e. The molecule has 0 aromatic heterocycles. The highest BCUT2D eigenvalue weighted by Crippen LogP contribution is 2.58. The standard InChI is InChI=1S/C63H53N/c1-42(2)55-40-47-26-21-35-58(61(47)52-33-19-17-31-50(52)55)64(49-29-15-8-16-30-49)59-41-57-62(53-34-20-18-32-51(53)59)54-37-36-44(39-56(54)63(57,4)48-27-13-7-14-28-48)38-43(3)60(45-22-9-5-10-23-45)46-24-11-6-12-25-46/h5-37,39,41,43,55,60H,1,38,40H2,2-4H3/t43-,55?,63?/m0/s1. The number of allylic oxidation sites excluding steroid dienone is 1. The third-order valence-corrected chi connectivity index (χ3v) is 14.5. The second-order valence-electron chi connectivity index (χ2n) is 18.4. The van der Waals surface area contributed by atoms with Crippen molar-refractivity contribution in [3.63, 3.8) is 0 Å².